The summed E-state index contributed by atoms with van der Waals surface area (Å²) in [6.45, 7) is 2.49. The molecule has 0 amide bonds. The smallest absolute Gasteiger partial charge is 0.318 e. The molecule has 0 aliphatic carbocycles. The number of sulfone groups is 1. The Morgan fingerprint density at radius 2 is 2.09 bits per heavy atom. The normalized spacial score (nSPS) is 16.4. The monoisotopic (exact) mass is 345 g/mol. The number of rotatable bonds is 6. The lowest BCUT2D eigenvalue weighted by Gasteiger charge is -2.19. The molecule has 0 saturated heterocycles. The van der Waals surface area contributed by atoms with Crippen molar-refractivity contribution in [3.63, 3.8) is 0 Å². The van der Waals surface area contributed by atoms with Crippen molar-refractivity contribution in [3.8, 4) is 0 Å². The summed E-state index contributed by atoms with van der Waals surface area (Å²) in [6, 6.07) is 3.86. The third kappa shape index (κ3) is 3.06. The van der Waals surface area contributed by atoms with Crippen LogP contribution in [0.1, 0.15) is 5.56 Å². The first-order valence-electron chi connectivity index (χ1n) is 6.37. The second kappa shape index (κ2) is 5.82. The lowest BCUT2D eigenvalue weighted by atomic mass is 10.2. The van der Waals surface area contributed by atoms with Crippen LogP contribution in [0.25, 0.3) is 0 Å². The van der Waals surface area contributed by atoms with Crippen molar-refractivity contribution in [2.45, 2.75) is 16.2 Å². The average Bonchev–Trinajstić information content (AvgIpc) is 2.73. The van der Waals surface area contributed by atoms with Gasteiger partial charge in [0.2, 0.25) is 10.0 Å². The van der Waals surface area contributed by atoms with Crippen LogP contribution in [0.5, 0.6) is 0 Å². The number of aryl methyl sites for hydroxylation is 1. The van der Waals surface area contributed by atoms with Crippen LogP contribution in [0.2, 0.25) is 0 Å². The quantitative estimate of drug-likeness (QED) is 0.742. The van der Waals surface area contributed by atoms with Gasteiger partial charge in [-0.1, -0.05) is 12.1 Å². The summed E-state index contributed by atoms with van der Waals surface area (Å²) in [6.07, 6.45) is 1.62. The van der Waals surface area contributed by atoms with E-state index in [0.29, 0.717) is 12.0 Å². The van der Waals surface area contributed by atoms with Gasteiger partial charge in [-0.05, 0) is 24.1 Å². The van der Waals surface area contributed by atoms with E-state index in [0.717, 1.165) is 10.4 Å². The molecule has 2 rings (SSSR count). The van der Waals surface area contributed by atoms with E-state index in [1.165, 1.54) is 18.2 Å². The summed E-state index contributed by atoms with van der Waals surface area (Å²) < 4.78 is 49.5. The molecule has 0 atom stereocenters. The third-order valence-corrected chi connectivity index (χ3v) is 6.90. The molecule has 0 spiro atoms. The van der Waals surface area contributed by atoms with E-state index in [9.17, 15) is 21.6 Å². The topological polar surface area (TPSA) is 109 Å². The summed E-state index contributed by atoms with van der Waals surface area (Å²) in [7, 11) is -7.58. The molecule has 22 heavy (non-hydrogen) atoms. The zero-order valence-corrected chi connectivity index (χ0v) is 13.2. The Kier molecular flexibility index (Phi) is 4.41. The van der Waals surface area contributed by atoms with Gasteiger partial charge in [0.25, 0.3) is 0 Å². The second-order valence-electron chi connectivity index (χ2n) is 4.82. The highest BCUT2D eigenvalue weighted by Crippen LogP contribution is 2.29. The van der Waals surface area contributed by atoms with E-state index in [1.54, 1.807) is 0 Å². The number of benzene rings is 1. The van der Waals surface area contributed by atoms with Crippen molar-refractivity contribution in [1.29, 1.82) is 0 Å². The van der Waals surface area contributed by atoms with Gasteiger partial charge in [0, 0.05) is 6.54 Å². The number of fused-ring (bicyclic) bond motifs is 1. The number of carboxylic acids is 1. The molecule has 0 radical (unpaired) electrons. The zero-order chi connectivity index (χ0) is 16.5. The van der Waals surface area contributed by atoms with E-state index in [-0.39, 0.29) is 22.1 Å². The number of nitrogens with zero attached hydrogens (tertiary/aromatic N) is 1. The van der Waals surface area contributed by atoms with Crippen LogP contribution in [0.3, 0.4) is 0 Å². The van der Waals surface area contributed by atoms with Crippen LogP contribution < -0.4 is 0 Å². The summed E-state index contributed by atoms with van der Waals surface area (Å²) in [5.74, 6) is -1.35. The average molecular weight is 345 g/mol. The van der Waals surface area contributed by atoms with Crippen LogP contribution in [-0.2, 0) is 31.1 Å². The predicted molar refractivity (Wildman–Crippen MR) is 78.8 cm³/mol. The van der Waals surface area contributed by atoms with Crippen LogP contribution in [0.4, 0.5) is 0 Å². The van der Waals surface area contributed by atoms with Crippen molar-refractivity contribution < 1.29 is 26.7 Å². The number of hydrogen-bond donors (Lipinski definition) is 1. The molecule has 1 aromatic carbocycles. The molecule has 1 aliphatic heterocycles. The molecular formula is C13H15NO6S2. The lowest BCUT2D eigenvalue weighted by Crippen LogP contribution is -2.35. The van der Waals surface area contributed by atoms with Crippen molar-refractivity contribution in [2.24, 2.45) is 0 Å². The van der Waals surface area contributed by atoms with Gasteiger partial charge < -0.3 is 5.11 Å². The number of aliphatic carboxylic acids is 1. The molecular weight excluding hydrogens is 330 g/mol. The van der Waals surface area contributed by atoms with Gasteiger partial charge in [0.15, 0.2) is 9.84 Å². The lowest BCUT2D eigenvalue weighted by molar-refractivity contribution is -0.137. The van der Waals surface area contributed by atoms with Crippen LogP contribution >= 0.6 is 0 Å². The van der Waals surface area contributed by atoms with Gasteiger partial charge in [-0.25, -0.2) is 16.8 Å². The fourth-order valence-electron chi connectivity index (χ4n) is 2.24. The maximum Gasteiger partial charge on any atom is 0.318 e. The van der Waals surface area contributed by atoms with E-state index in [2.05, 4.69) is 6.58 Å². The Hall–Kier alpha value is -1.71. The molecule has 0 aromatic heterocycles. The molecule has 120 valence electrons. The first-order chi connectivity index (χ1) is 10.2. The van der Waals surface area contributed by atoms with E-state index >= 15 is 0 Å². The first-order valence-corrected chi connectivity index (χ1v) is 9.46. The summed E-state index contributed by atoms with van der Waals surface area (Å²) in [4.78, 5) is 10.6. The molecule has 0 unspecified atom stereocenters. The number of carboxylic acid groups (broad SMARTS) is 1. The number of hydrogen-bond acceptors (Lipinski definition) is 5. The van der Waals surface area contributed by atoms with Gasteiger partial charge in [-0.3, -0.25) is 4.79 Å². The maximum atomic E-state index is 12.5. The molecule has 1 aromatic rings. The van der Waals surface area contributed by atoms with Crippen LogP contribution in [0, 0.1) is 0 Å². The Balaban J connectivity index is 2.50. The minimum Gasteiger partial charge on any atom is -0.480 e. The molecule has 0 saturated carbocycles. The fourth-order valence-corrected chi connectivity index (χ4v) is 5.28. The summed E-state index contributed by atoms with van der Waals surface area (Å²) in [5.41, 5.74) is 0.576. The van der Waals surface area contributed by atoms with Gasteiger partial charge in [-0.2, -0.15) is 4.31 Å². The van der Waals surface area contributed by atoms with E-state index < -0.39 is 32.4 Å². The van der Waals surface area contributed by atoms with Crippen LogP contribution in [-0.4, -0.2) is 51.1 Å². The van der Waals surface area contributed by atoms with Gasteiger partial charge in [-0.15, -0.1) is 6.58 Å². The van der Waals surface area contributed by atoms with Crippen molar-refractivity contribution >= 4 is 25.8 Å². The van der Waals surface area contributed by atoms with Crippen LogP contribution in [0.15, 0.2) is 40.6 Å². The number of sulfonamides is 1. The highest BCUT2D eigenvalue weighted by molar-refractivity contribution is 7.92. The molecule has 1 N–H and O–H groups in total. The first kappa shape index (κ1) is 16.7. The molecule has 1 heterocycles. The zero-order valence-electron chi connectivity index (χ0n) is 11.6. The SMILES string of the molecule is C=CCN(CC(=O)O)S(=O)(=O)c1ccc2c(c1)S(=O)(=O)CC2. The third-order valence-electron chi connectivity index (χ3n) is 3.30. The van der Waals surface area contributed by atoms with Crippen molar-refractivity contribution in [1.82, 2.24) is 4.31 Å². The largest absolute Gasteiger partial charge is 0.480 e. The maximum absolute atomic E-state index is 12.5. The Labute approximate surface area is 128 Å². The fraction of sp³-hybridized carbons (Fsp3) is 0.308. The predicted octanol–water partition coefficient (Wildman–Crippen LogP) is 0.278. The second-order valence-corrected chi connectivity index (χ2v) is 8.83. The summed E-state index contributed by atoms with van der Waals surface area (Å²) >= 11 is 0. The van der Waals surface area contributed by atoms with Gasteiger partial charge >= 0.3 is 5.97 Å². The van der Waals surface area contributed by atoms with Crippen molar-refractivity contribution in [2.75, 3.05) is 18.8 Å². The minimum absolute atomic E-state index is 0.00227. The van der Waals surface area contributed by atoms with Crippen molar-refractivity contribution in [3.05, 3.63) is 36.4 Å². The Bertz CT molecular complexity index is 826. The molecule has 1 aliphatic rings. The molecule has 0 bridgehead atoms. The highest BCUT2D eigenvalue weighted by Gasteiger charge is 2.31. The minimum atomic E-state index is -4.11. The standard InChI is InChI=1S/C13H15NO6S2/c1-2-6-14(9-13(15)16)22(19,20)11-4-3-10-5-7-21(17,18)12(10)8-11/h2-4,8H,1,5-7,9H2,(H,15,16). The van der Waals surface area contributed by atoms with E-state index in [1.807, 2.05) is 0 Å². The molecule has 9 heteroatoms. The highest BCUT2D eigenvalue weighted by atomic mass is 32.2. The van der Waals surface area contributed by atoms with E-state index in [4.69, 9.17) is 5.11 Å². The Morgan fingerprint density at radius 1 is 1.41 bits per heavy atom. The van der Waals surface area contributed by atoms with Gasteiger partial charge in [0.1, 0.15) is 6.54 Å². The molecule has 7 nitrogen and oxygen atoms in total. The molecule has 0 fully saturated rings. The number of carbonyl (C=O) groups is 1. The Morgan fingerprint density at radius 3 is 2.68 bits per heavy atom. The summed E-state index contributed by atoms with van der Waals surface area (Å²) in [5, 5.41) is 8.82. The van der Waals surface area contributed by atoms with Gasteiger partial charge in [0.05, 0.1) is 15.5 Å².